The third-order valence-corrected chi connectivity index (χ3v) is 15.3. The van der Waals surface area contributed by atoms with Gasteiger partial charge in [0.15, 0.2) is 0 Å². The smallest absolute Gasteiger partial charge is 0.201 e. The Hall–Kier alpha value is -4.62. The molecule has 0 radical (unpaired) electrons. The van der Waals surface area contributed by atoms with Gasteiger partial charge in [-0.15, -0.1) is 0 Å². The van der Waals surface area contributed by atoms with Crippen molar-refractivity contribution in [3.05, 3.63) is 69.8 Å². The van der Waals surface area contributed by atoms with Crippen molar-refractivity contribution in [3.63, 3.8) is 0 Å². The highest BCUT2D eigenvalue weighted by Gasteiger charge is 2.39. The van der Waals surface area contributed by atoms with E-state index in [1.165, 1.54) is 22.5 Å². The second kappa shape index (κ2) is 22.5. The van der Waals surface area contributed by atoms with Crippen molar-refractivity contribution in [3.8, 4) is 0 Å². The van der Waals surface area contributed by atoms with Gasteiger partial charge in [0.1, 0.15) is 23.1 Å². The standard InChI is InChI=1S/C54H84N14O2S2/c1-31-23-41-37(25-39(31)59-43(45(55)51(7,8)9)49-61-47(63-65-49)35(5)29-57-71-17)33(3)27-53(13,14)67(41)19-21-70-22-20-68-42-24-32(2)40(26-38(42)34(4)28-54(68,15)16)60-44(46(56)52(10,11)12)50-62-48(64-66-50)36(6)30-58-72(18)69/h23-26,33-36,55-58H,19-22,27-30H2,1-18H3,(H,61,63,65)(H,62,64,66). The first kappa shape index (κ1) is 56.7. The topological polar surface area (TPSA) is 212 Å². The number of aromatic nitrogens is 6. The van der Waals surface area contributed by atoms with E-state index in [0.717, 1.165) is 60.8 Å². The zero-order chi connectivity index (χ0) is 53.2. The van der Waals surface area contributed by atoms with Gasteiger partial charge in [0.05, 0.1) is 47.0 Å². The lowest BCUT2D eigenvalue weighted by molar-refractivity contribution is 0.136. The molecule has 2 aromatic carbocycles. The zero-order valence-electron chi connectivity index (χ0n) is 46.5. The molecule has 72 heavy (non-hydrogen) atoms. The molecule has 4 heterocycles. The number of aromatic amines is 2. The number of aliphatic imine (C=N–C) groups is 2. The van der Waals surface area contributed by atoms with Gasteiger partial charge in [0.25, 0.3) is 0 Å². The van der Waals surface area contributed by atoms with Crippen molar-refractivity contribution in [1.82, 2.24) is 39.8 Å². The Balaban J connectivity index is 1.21. The van der Waals surface area contributed by atoms with Crippen LogP contribution in [0.2, 0.25) is 0 Å². The van der Waals surface area contributed by atoms with Crippen LogP contribution in [0.5, 0.6) is 0 Å². The number of rotatable bonds is 20. The predicted octanol–water partition coefficient (Wildman–Crippen LogP) is 10.8. The fourth-order valence-corrected chi connectivity index (χ4v) is 10.9. The highest BCUT2D eigenvalue weighted by Crippen LogP contribution is 2.47. The van der Waals surface area contributed by atoms with Gasteiger partial charge in [-0.3, -0.25) is 14.9 Å². The summed E-state index contributed by atoms with van der Waals surface area (Å²) in [4.78, 5) is 25.1. The fraction of sp³-hybridized carbons (Fsp3) is 0.630. The van der Waals surface area contributed by atoms with Crippen molar-refractivity contribution in [2.45, 2.75) is 158 Å². The highest BCUT2D eigenvalue weighted by atomic mass is 32.2. The quantitative estimate of drug-likeness (QED) is 0.0280. The molecule has 0 saturated heterocycles. The Morgan fingerprint density at radius 1 is 0.778 bits per heavy atom. The van der Waals surface area contributed by atoms with Crippen LogP contribution in [-0.2, 0) is 15.7 Å². The summed E-state index contributed by atoms with van der Waals surface area (Å²) in [5.41, 5.74) is 9.04. The maximum absolute atomic E-state index is 11.7. The number of hydrogen-bond donors (Lipinski definition) is 6. The van der Waals surface area contributed by atoms with E-state index in [-0.39, 0.29) is 28.8 Å². The summed E-state index contributed by atoms with van der Waals surface area (Å²) >= 11 is 1.58. The van der Waals surface area contributed by atoms with Crippen LogP contribution < -0.4 is 19.2 Å². The van der Waals surface area contributed by atoms with Crippen LogP contribution >= 0.6 is 11.9 Å². The third kappa shape index (κ3) is 13.0. The van der Waals surface area contributed by atoms with Crippen molar-refractivity contribution >= 4 is 68.5 Å². The van der Waals surface area contributed by atoms with Gasteiger partial charge in [0.2, 0.25) is 11.6 Å². The second-order valence-electron chi connectivity index (χ2n) is 23.6. The van der Waals surface area contributed by atoms with Crippen LogP contribution in [0, 0.1) is 35.5 Å². The molecule has 0 amide bonds. The van der Waals surface area contributed by atoms with Gasteiger partial charge in [0, 0.05) is 77.6 Å². The first-order valence-corrected chi connectivity index (χ1v) is 28.3. The van der Waals surface area contributed by atoms with Crippen molar-refractivity contribution < 1.29 is 8.95 Å². The van der Waals surface area contributed by atoms with Crippen LogP contribution in [0.4, 0.5) is 22.7 Å². The van der Waals surface area contributed by atoms with E-state index in [0.29, 0.717) is 66.0 Å². The van der Waals surface area contributed by atoms with Gasteiger partial charge in [-0.25, -0.2) is 28.9 Å². The van der Waals surface area contributed by atoms with E-state index >= 15 is 0 Å². The van der Waals surface area contributed by atoms with Crippen LogP contribution in [0.1, 0.15) is 179 Å². The Labute approximate surface area is 436 Å². The summed E-state index contributed by atoms with van der Waals surface area (Å²) < 4.78 is 24.6. The molecule has 6 rings (SSSR count). The molecule has 0 spiro atoms. The summed E-state index contributed by atoms with van der Waals surface area (Å²) in [5, 5.41) is 33.9. The molecule has 0 saturated carbocycles. The second-order valence-corrected chi connectivity index (χ2v) is 25.5. The van der Waals surface area contributed by atoms with Crippen molar-refractivity contribution in [1.29, 1.82) is 10.8 Å². The molecular formula is C54H84N14O2S2. The Kier molecular flexibility index (Phi) is 17.7. The first-order chi connectivity index (χ1) is 33.5. The largest absolute Gasteiger partial charge is 0.378 e. The van der Waals surface area contributed by atoms with Crippen LogP contribution in [0.3, 0.4) is 0 Å². The Morgan fingerprint density at radius 2 is 1.18 bits per heavy atom. The number of hydrogen-bond acceptors (Lipinski definition) is 14. The predicted molar refractivity (Wildman–Crippen MR) is 302 cm³/mol. The Bertz CT molecular complexity index is 2690. The molecule has 5 unspecified atom stereocenters. The summed E-state index contributed by atoms with van der Waals surface area (Å²) in [5.74, 6) is 2.87. The molecular weight excluding hydrogens is 941 g/mol. The minimum Gasteiger partial charge on any atom is -0.378 e. The molecule has 394 valence electrons. The number of ether oxygens (including phenoxy) is 1. The molecule has 2 aromatic heterocycles. The molecule has 2 aliphatic heterocycles. The molecule has 2 aliphatic rings. The summed E-state index contributed by atoms with van der Waals surface area (Å²) in [6.07, 6.45) is 5.56. The van der Waals surface area contributed by atoms with E-state index < -0.39 is 21.8 Å². The molecule has 4 aromatic rings. The SMILES string of the molecule is CSNCC(C)c1nc(C(=Nc2cc3c(cc2C)N(CCOCCN2c4cc(C)c(N=C(C(=N)C(C)(C)C)c5n[nH]c(C(C)CNS(C)=O)n5)cc4C(C)CC2(C)C)C(C)(C)CC3C)C(=N)C(C)(C)C)n[nH]1. The molecule has 5 atom stereocenters. The average molecular weight is 1030 g/mol. The number of nitrogens with zero attached hydrogens (tertiary/aromatic N) is 8. The van der Waals surface area contributed by atoms with Crippen LogP contribution in [0.25, 0.3) is 0 Å². The maximum atomic E-state index is 11.7. The molecule has 0 bridgehead atoms. The lowest BCUT2D eigenvalue weighted by Gasteiger charge is -2.48. The van der Waals surface area contributed by atoms with Crippen molar-refractivity contribution in [2.24, 2.45) is 20.8 Å². The number of anilines is 2. The van der Waals surface area contributed by atoms with Gasteiger partial charge in [-0.1, -0.05) is 81.2 Å². The van der Waals surface area contributed by atoms with Crippen LogP contribution in [-0.4, -0.2) is 120 Å². The van der Waals surface area contributed by atoms with E-state index in [2.05, 4.69) is 126 Å². The summed E-state index contributed by atoms with van der Waals surface area (Å²) in [6.45, 7) is 38.2. The van der Waals surface area contributed by atoms with Gasteiger partial charge in [-0.2, -0.15) is 10.2 Å². The fourth-order valence-electron chi connectivity index (χ4n) is 9.98. The van der Waals surface area contributed by atoms with Gasteiger partial charge < -0.3 is 25.4 Å². The highest BCUT2D eigenvalue weighted by molar-refractivity contribution is 7.96. The number of benzene rings is 2. The lowest BCUT2D eigenvalue weighted by Crippen LogP contribution is -2.50. The van der Waals surface area contributed by atoms with Gasteiger partial charge in [-0.05, 0) is 119 Å². The van der Waals surface area contributed by atoms with E-state index in [9.17, 15) is 15.0 Å². The minimum absolute atomic E-state index is 0.0695. The van der Waals surface area contributed by atoms with Gasteiger partial charge >= 0.3 is 0 Å². The third-order valence-electron chi connectivity index (χ3n) is 14.3. The summed E-state index contributed by atoms with van der Waals surface area (Å²) in [6, 6.07) is 8.95. The molecule has 6 N–H and O–H groups in total. The lowest BCUT2D eigenvalue weighted by atomic mass is 9.79. The number of H-pyrrole nitrogens is 2. The number of aryl methyl sites for hydroxylation is 2. The Morgan fingerprint density at radius 3 is 1.56 bits per heavy atom. The first-order valence-electron chi connectivity index (χ1n) is 25.5. The molecule has 18 heteroatoms. The van der Waals surface area contributed by atoms with E-state index in [1.807, 2.05) is 54.7 Å². The summed E-state index contributed by atoms with van der Waals surface area (Å²) in [7, 11) is -1.14. The zero-order valence-corrected chi connectivity index (χ0v) is 48.1. The molecule has 16 nitrogen and oxygen atoms in total. The van der Waals surface area contributed by atoms with E-state index in [4.69, 9.17) is 24.7 Å². The monoisotopic (exact) mass is 1020 g/mol. The number of nitrogens with one attached hydrogen (secondary N) is 6. The van der Waals surface area contributed by atoms with Crippen molar-refractivity contribution in [2.75, 3.05) is 61.7 Å². The molecule has 0 aliphatic carbocycles. The van der Waals surface area contributed by atoms with E-state index in [1.54, 1.807) is 18.2 Å². The minimum atomic E-state index is -1.14. The maximum Gasteiger partial charge on any atom is 0.201 e. The normalized spacial score (nSPS) is 19.5. The average Bonchev–Trinajstić information content (AvgIpc) is 3.98. The molecule has 0 fully saturated rings. The van der Waals surface area contributed by atoms with Crippen LogP contribution in [0.15, 0.2) is 34.3 Å². The number of fused-ring (bicyclic) bond motifs is 2.